The Balaban J connectivity index is 2.72. The minimum absolute atomic E-state index is 0.214. The van der Waals surface area contributed by atoms with Gasteiger partial charge in [0.1, 0.15) is 11.5 Å². The van der Waals surface area contributed by atoms with Gasteiger partial charge in [-0.05, 0) is 41.5 Å². The lowest BCUT2D eigenvalue weighted by Gasteiger charge is -2.19. The van der Waals surface area contributed by atoms with E-state index in [4.69, 9.17) is 0 Å². The van der Waals surface area contributed by atoms with Crippen molar-refractivity contribution in [2.75, 3.05) is 31.5 Å². The largest absolute Gasteiger partial charge is 0.378 e. The molecule has 1 rings (SSSR count). The number of benzene rings is 1. The van der Waals surface area contributed by atoms with Crippen LogP contribution >= 0.6 is 15.9 Å². The summed E-state index contributed by atoms with van der Waals surface area (Å²) >= 11 is 3.04. The van der Waals surface area contributed by atoms with E-state index in [9.17, 15) is 14.5 Å². The summed E-state index contributed by atoms with van der Waals surface area (Å²) in [6.07, 6.45) is 1.07. The first kappa shape index (κ1) is 16.8. The maximum atomic E-state index is 13.3. The van der Waals surface area contributed by atoms with Crippen LogP contribution in [-0.4, -0.2) is 36.0 Å². The Morgan fingerprint density at radius 2 is 2.10 bits per heavy atom. The summed E-state index contributed by atoms with van der Waals surface area (Å²) < 4.78 is 13.6. The number of likely N-dealkylation sites (N-methyl/N-ethyl adjacent to an activating group) is 1. The predicted molar refractivity (Wildman–Crippen MR) is 81.6 cm³/mol. The third-order valence-corrected chi connectivity index (χ3v) is 3.57. The molecule has 1 aromatic carbocycles. The molecule has 5 nitrogen and oxygen atoms in total. The molecule has 112 valence electrons. The van der Waals surface area contributed by atoms with E-state index in [2.05, 4.69) is 40.0 Å². The molecule has 0 aromatic heterocycles. The number of nitro benzene ring substituents is 1. The third kappa shape index (κ3) is 4.72. The Kier molecular flexibility index (Phi) is 6.87. The van der Waals surface area contributed by atoms with Gasteiger partial charge in [-0.1, -0.05) is 13.8 Å². The number of hydrogen-bond donors (Lipinski definition) is 1. The number of nitro groups is 1. The Morgan fingerprint density at radius 3 is 2.65 bits per heavy atom. The second-order valence-corrected chi connectivity index (χ2v) is 5.26. The molecule has 0 aliphatic carbocycles. The van der Waals surface area contributed by atoms with Gasteiger partial charge in [0.05, 0.1) is 15.5 Å². The zero-order valence-electron chi connectivity index (χ0n) is 11.7. The first-order valence-electron chi connectivity index (χ1n) is 6.59. The normalized spacial score (nSPS) is 10.8. The molecule has 20 heavy (non-hydrogen) atoms. The van der Waals surface area contributed by atoms with E-state index in [0.717, 1.165) is 32.1 Å². The van der Waals surface area contributed by atoms with Crippen LogP contribution in [0.4, 0.5) is 15.8 Å². The zero-order valence-corrected chi connectivity index (χ0v) is 13.2. The van der Waals surface area contributed by atoms with Crippen molar-refractivity contribution in [1.82, 2.24) is 4.90 Å². The molecule has 1 aromatic rings. The van der Waals surface area contributed by atoms with Crippen LogP contribution in [0.15, 0.2) is 16.6 Å². The van der Waals surface area contributed by atoms with Crippen LogP contribution in [0.2, 0.25) is 0 Å². The van der Waals surface area contributed by atoms with Crippen molar-refractivity contribution >= 4 is 27.3 Å². The van der Waals surface area contributed by atoms with Crippen molar-refractivity contribution in [2.45, 2.75) is 20.3 Å². The van der Waals surface area contributed by atoms with Crippen LogP contribution < -0.4 is 5.32 Å². The molecule has 0 aliphatic heterocycles. The van der Waals surface area contributed by atoms with E-state index >= 15 is 0 Å². The fourth-order valence-corrected chi connectivity index (χ4v) is 2.27. The Morgan fingerprint density at radius 1 is 1.40 bits per heavy atom. The smallest absolute Gasteiger partial charge is 0.295 e. The van der Waals surface area contributed by atoms with Crippen LogP contribution in [0.1, 0.15) is 20.3 Å². The molecule has 0 heterocycles. The Hall–Kier alpha value is -1.21. The minimum atomic E-state index is -0.636. The predicted octanol–water partition coefficient (Wildman–Crippen LogP) is 3.64. The summed E-state index contributed by atoms with van der Waals surface area (Å²) in [7, 11) is 0. The average molecular weight is 348 g/mol. The molecule has 0 aliphatic rings. The minimum Gasteiger partial charge on any atom is -0.378 e. The molecule has 0 fully saturated rings. The van der Waals surface area contributed by atoms with Crippen LogP contribution in [0, 0.1) is 15.9 Å². The van der Waals surface area contributed by atoms with Gasteiger partial charge in [0.15, 0.2) is 0 Å². The molecule has 0 amide bonds. The van der Waals surface area contributed by atoms with Crippen molar-refractivity contribution < 1.29 is 9.31 Å². The Labute approximate surface area is 126 Å². The van der Waals surface area contributed by atoms with E-state index in [0.29, 0.717) is 12.2 Å². The lowest BCUT2D eigenvalue weighted by atomic mass is 10.2. The van der Waals surface area contributed by atoms with Crippen molar-refractivity contribution in [3.63, 3.8) is 0 Å². The molecule has 0 spiro atoms. The highest BCUT2D eigenvalue weighted by Gasteiger charge is 2.17. The molecular formula is C13H19BrFN3O2. The van der Waals surface area contributed by atoms with E-state index in [1.165, 1.54) is 6.07 Å². The maximum absolute atomic E-state index is 13.3. The molecule has 1 N–H and O–H groups in total. The second kappa shape index (κ2) is 8.16. The van der Waals surface area contributed by atoms with E-state index in [1.807, 2.05) is 0 Å². The number of nitrogens with one attached hydrogen (secondary N) is 1. The number of nitrogens with zero attached hydrogens (tertiary/aromatic N) is 2. The highest BCUT2D eigenvalue weighted by atomic mass is 79.9. The third-order valence-electron chi connectivity index (χ3n) is 2.97. The average Bonchev–Trinajstić information content (AvgIpc) is 2.41. The fourth-order valence-electron chi connectivity index (χ4n) is 1.92. The number of hydrogen-bond acceptors (Lipinski definition) is 4. The SMILES string of the molecule is CCCN(CC)CCNc1cc(Br)c(F)cc1[N+](=O)[O-]. The van der Waals surface area contributed by atoms with Gasteiger partial charge >= 0.3 is 0 Å². The summed E-state index contributed by atoms with van der Waals surface area (Å²) in [4.78, 5) is 12.6. The van der Waals surface area contributed by atoms with Gasteiger partial charge < -0.3 is 10.2 Å². The van der Waals surface area contributed by atoms with Gasteiger partial charge in [-0.2, -0.15) is 0 Å². The van der Waals surface area contributed by atoms with Gasteiger partial charge in [-0.3, -0.25) is 10.1 Å². The molecule has 0 saturated carbocycles. The first-order valence-corrected chi connectivity index (χ1v) is 7.38. The van der Waals surface area contributed by atoms with Crippen LogP contribution in [0.25, 0.3) is 0 Å². The molecule has 0 atom stereocenters. The Bertz CT molecular complexity index is 471. The van der Waals surface area contributed by atoms with E-state index in [-0.39, 0.29) is 10.2 Å². The highest BCUT2D eigenvalue weighted by molar-refractivity contribution is 9.10. The highest BCUT2D eigenvalue weighted by Crippen LogP contribution is 2.30. The molecule has 0 saturated heterocycles. The molecular weight excluding hydrogens is 329 g/mol. The van der Waals surface area contributed by atoms with Crippen molar-refractivity contribution in [2.24, 2.45) is 0 Å². The summed E-state index contributed by atoms with van der Waals surface area (Å²) in [5, 5.41) is 13.9. The number of halogens is 2. The summed E-state index contributed by atoms with van der Waals surface area (Å²) in [6.45, 7) is 7.48. The quantitative estimate of drug-likeness (QED) is 0.576. The fraction of sp³-hybridized carbons (Fsp3) is 0.538. The number of anilines is 1. The molecule has 7 heteroatoms. The lowest BCUT2D eigenvalue weighted by molar-refractivity contribution is -0.384. The summed E-state index contributed by atoms with van der Waals surface area (Å²) in [5.74, 6) is -0.636. The maximum Gasteiger partial charge on any atom is 0.295 e. The molecule has 0 radical (unpaired) electrons. The van der Waals surface area contributed by atoms with Gasteiger partial charge in [-0.25, -0.2) is 4.39 Å². The molecule has 0 bridgehead atoms. The van der Waals surface area contributed by atoms with Crippen LogP contribution in [0.3, 0.4) is 0 Å². The number of rotatable bonds is 8. The van der Waals surface area contributed by atoms with Crippen molar-refractivity contribution in [1.29, 1.82) is 0 Å². The monoisotopic (exact) mass is 347 g/mol. The zero-order chi connectivity index (χ0) is 15.1. The van der Waals surface area contributed by atoms with Gasteiger partial charge in [-0.15, -0.1) is 0 Å². The first-order chi connectivity index (χ1) is 9.49. The van der Waals surface area contributed by atoms with Gasteiger partial charge in [0.25, 0.3) is 5.69 Å². The van der Waals surface area contributed by atoms with E-state index < -0.39 is 10.7 Å². The van der Waals surface area contributed by atoms with E-state index in [1.54, 1.807) is 0 Å². The second-order valence-electron chi connectivity index (χ2n) is 4.40. The van der Waals surface area contributed by atoms with Gasteiger partial charge in [0, 0.05) is 13.1 Å². The summed E-state index contributed by atoms with van der Waals surface area (Å²) in [6, 6.07) is 2.33. The van der Waals surface area contributed by atoms with Gasteiger partial charge in [0.2, 0.25) is 0 Å². The topological polar surface area (TPSA) is 58.4 Å². The van der Waals surface area contributed by atoms with Crippen LogP contribution in [0.5, 0.6) is 0 Å². The summed E-state index contributed by atoms with van der Waals surface area (Å²) in [5.41, 5.74) is 0.0834. The van der Waals surface area contributed by atoms with Crippen LogP contribution in [-0.2, 0) is 0 Å². The lowest BCUT2D eigenvalue weighted by Crippen LogP contribution is -2.29. The molecule has 0 unspecified atom stereocenters. The standard InChI is InChI=1S/C13H19BrFN3O2/c1-3-6-17(4-2)7-5-16-12-8-10(14)11(15)9-13(12)18(19)20/h8-9,16H,3-7H2,1-2H3. The van der Waals surface area contributed by atoms with Crippen molar-refractivity contribution in [3.05, 3.63) is 32.5 Å². The van der Waals surface area contributed by atoms with Crippen molar-refractivity contribution in [3.8, 4) is 0 Å².